The number of aliphatic hydroxyl groups is 2. The summed E-state index contributed by atoms with van der Waals surface area (Å²) in [5.41, 5.74) is -5.72. The number of aliphatic hydroxyl groups excluding tert-OH is 2. The average molecular weight is 947 g/mol. The van der Waals surface area contributed by atoms with Crippen LogP contribution in [0.5, 0.6) is 11.5 Å². The van der Waals surface area contributed by atoms with Gasteiger partial charge in [0.25, 0.3) is 5.78 Å². The van der Waals surface area contributed by atoms with Crippen LogP contribution in [0, 0.1) is 0 Å². The molecule has 64 heavy (non-hydrogen) atoms. The van der Waals surface area contributed by atoms with E-state index in [1.165, 1.54) is 0 Å². The van der Waals surface area contributed by atoms with Crippen LogP contribution in [0.2, 0.25) is 0 Å². The van der Waals surface area contributed by atoms with Crippen LogP contribution in [-0.2, 0) is 90.5 Å². The topological polar surface area (TPSA) is 344 Å². The monoisotopic (exact) mass is 946 g/mol. The minimum absolute atomic E-state index is 0.275. The quantitative estimate of drug-likeness (QED) is 0.0874. The second kappa shape index (κ2) is 21.0. The predicted octanol–water partition coefficient (Wildman–Crippen LogP) is 0.998. The molecule has 2 saturated heterocycles. The van der Waals surface area contributed by atoms with Crippen molar-refractivity contribution in [2.24, 2.45) is 0 Å². The first-order valence-electron chi connectivity index (χ1n) is 18.6. The van der Waals surface area contributed by atoms with Gasteiger partial charge in [0.05, 0.1) is 20.9 Å². The number of aromatic hydroxyl groups is 2. The summed E-state index contributed by atoms with van der Waals surface area (Å²) in [6, 6.07) is 0. The molecule has 1 aromatic rings. The maximum Gasteiger partial charge on any atom is 0.303 e. The van der Waals surface area contributed by atoms with Crippen LogP contribution in [0.4, 0.5) is 0 Å². The molecule has 2 fully saturated rings. The highest BCUT2D eigenvalue weighted by atomic mass is 32.2. The van der Waals surface area contributed by atoms with Crippen LogP contribution in [0.25, 0.3) is 5.76 Å². The van der Waals surface area contributed by atoms with Crippen LogP contribution < -0.4 is 0 Å². The number of carbonyl (C=O) groups excluding carboxylic acids is 10. The molecule has 1 aliphatic carbocycles. The molecule has 3 aliphatic rings. The summed E-state index contributed by atoms with van der Waals surface area (Å²) in [4.78, 5) is 124. The van der Waals surface area contributed by atoms with Gasteiger partial charge >= 0.3 is 47.8 Å². The zero-order valence-corrected chi connectivity index (χ0v) is 36.6. The second-order valence-electron chi connectivity index (χ2n) is 13.8. The Morgan fingerprint density at radius 1 is 0.438 bits per heavy atom. The van der Waals surface area contributed by atoms with E-state index in [9.17, 15) is 68.4 Å². The minimum atomic E-state index is -1.85. The number of hydrogen-bond donors (Lipinski definition) is 4. The second-order valence-corrected chi connectivity index (χ2v) is 16.0. The number of hydrogen-bond acceptors (Lipinski definition) is 26. The highest BCUT2D eigenvalue weighted by Gasteiger charge is 2.55. The van der Waals surface area contributed by atoms with Crippen LogP contribution in [0.3, 0.4) is 0 Å². The van der Waals surface area contributed by atoms with Crippen molar-refractivity contribution in [2.45, 2.75) is 125 Å². The number of benzene rings is 1. The molecule has 2 aliphatic heterocycles. The highest BCUT2D eigenvalue weighted by molar-refractivity contribution is 8.03. The Kier molecular flexibility index (Phi) is 16.6. The lowest BCUT2D eigenvalue weighted by Gasteiger charge is -2.45. The number of phenols is 2. The van der Waals surface area contributed by atoms with Crippen molar-refractivity contribution < 1.29 is 116 Å². The number of Topliss-reactive ketones (excluding diaryl/α,β-unsaturated/α-hetero) is 2. The van der Waals surface area contributed by atoms with Crippen LogP contribution in [-0.4, -0.2) is 153 Å². The lowest BCUT2D eigenvalue weighted by atomic mass is 9.91. The summed E-state index contributed by atoms with van der Waals surface area (Å²) < 4.78 is 55.2. The van der Waals surface area contributed by atoms with Crippen LogP contribution >= 0.6 is 23.5 Å². The van der Waals surface area contributed by atoms with Gasteiger partial charge in [-0.1, -0.05) is 23.5 Å². The largest absolute Gasteiger partial charge is 0.506 e. The van der Waals surface area contributed by atoms with E-state index in [2.05, 4.69) is 0 Å². The fourth-order valence-corrected chi connectivity index (χ4v) is 9.27. The number of ether oxygens (including phenoxy) is 10. The lowest BCUT2D eigenvalue weighted by Crippen LogP contribution is -2.61. The van der Waals surface area contributed by atoms with E-state index in [1.807, 2.05) is 0 Å². The molecule has 0 amide bonds. The standard InChI is InChI=1S/C38H42O24S2/c1-11(39)53-9-19-29(55-13(3)41)31(57-15(5)43)33(59-17(7)45)37(61-19)63-35-25(49)21-22(24(48)28(52)27(51)23(21)47)26(50)36(35)64-38-34(60-18(8)46)32(58-16(6)44)30(56-14(4)42)20(62-38)10-54-12(2)40/h19-20,29-34,37-38,47,49-51H,9-10H2,1-8H3/t19-,20+,29+,30+,31-,32-,33-,34-,37-,38-/m0/s1. The van der Waals surface area contributed by atoms with Crippen molar-refractivity contribution in [2.75, 3.05) is 13.2 Å². The smallest absolute Gasteiger partial charge is 0.303 e. The van der Waals surface area contributed by atoms with Gasteiger partial charge in [0.15, 0.2) is 42.4 Å². The van der Waals surface area contributed by atoms with Gasteiger partial charge in [-0.2, -0.15) is 0 Å². The van der Waals surface area contributed by atoms with Gasteiger partial charge in [0.2, 0.25) is 11.5 Å². The number of rotatable bonds is 14. The van der Waals surface area contributed by atoms with Crippen molar-refractivity contribution in [1.82, 2.24) is 0 Å². The van der Waals surface area contributed by atoms with Gasteiger partial charge < -0.3 is 67.8 Å². The first kappa shape index (κ1) is 50.5. The van der Waals surface area contributed by atoms with E-state index in [0.717, 1.165) is 55.4 Å². The first-order chi connectivity index (χ1) is 29.8. The molecule has 0 bridgehead atoms. The van der Waals surface area contributed by atoms with Crippen molar-refractivity contribution in [3.63, 3.8) is 0 Å². The molecule has 0 saturated carbocycles. The molecule has 10 atom stereocenters. The van der Waals surface area contributed by atoms with E-state index in [1.54, 1.807) is 0 Å². The molecule has 26 heteroatoms. The molecule has 24 nitrogen and oxygen atoms in total. The van der Waals surface area contributed by atoms with Crippen LogP contribution in [0.1, 0.15) is 71.3 Å². The summed E-state index contributed by atoms with van der Waals surface area (Å²) in [7, 11) is 0. The first-order valence-corrected chi connectivity index (χ1v) is 20.4. The molecule has 0 aromatic heterocycles. The van der Waals surface area contributed by atoms with Gasteiger partial charge in [-0.05, 0) is 0 Å². The SMILES string of the molecule is CC(=O)OC[C@@H]1O[C@@H](Sc2c(O)c3c(c(O)c2S[C@@H]2O[C@H](COC(C)=O)[C@@H](OC(C)=O)[C@H](OC(C)=O)[C@@H]2OC(C)=O)C(=O)C(=O)C(O)=C3O)[C@@H](OC(C)=O)[C@@H](OC(C)=O)[C@@H]1OC(C)=O. The number of esters is 8. The Balaban J connectivity index is 2.05. The van der Waals surface area contributed by atoms with E-state index >= 15 is 0 Å². The Bertz CT molecular complexity index is 2150. The zero-order valence-electron chi connectivity index (χ0n) is 35.0. The number of carbonyl (C=O) groups is 10. The summed E-state index contributed by atoms with van der Waals surface area (Å²) in [6.45, 7) is 6.32. The maximum atomic E-state index is 13.4. The van der Waals surface area contributed by atoms with Gasteiger partial charge in [-0.15, -0.1) is 0 Å². The maximum absolute atomic E-state index is 13.4. The van der Waals surface area contributed by atoms with Crippen molar-refractivity contribution in [1.29, 1.82) is 0 Å². The molecular formula is C38H42O24S2. The summed E-state index contributed by atoms with van der Waals surface area (Å²) in [5.74, 6) is -16.5. The van der Waals surface area contributed by atoms with Crippen molar-refractivity contribution in [3.8, 4) is 11.5 Å². The number of fused-ring (bicyclic) bond motifs is 1. The van der Waals surface area contributed by atoms with Gasteiger partial charge in [-0.3, -0.25) is 47.9 Å². The van der Waals surface area contributed by atoms with E-state index in [4.69, 9.17) is 47.4 Å². The molecule has 1 aromatic carbocycles. The van der Waals surface area contributed by atoms with Crippen molar-refractivity contribution >= 4 is 88.6 Å². The molecular weight excluding hydrogens is 905 g/mol. The third-order valence-corrected chi connectivity index (χ3v) is 11.5. The van der Waals surface area contributed by atoms with Gasteiger partial charge in [-0.25, -0.2) is 0 Å². The summed E-state index contributed by atoms with van der Waals surface area (Å²) >= 11 is 0.563. The number of phenolic OH excluding ortho intramolecular Hbond substituents is 2. The Hall–Kier alpha value is -6.12. The number of allylic oxidation sites excluding steroid dienone is 1. The molecule has 350 valence electrons. The van der Waals surface area contributed by atoms with E-state index < -0.39 is 176 Å². The van der Waals surface area contributed by atoms with Gasteiger partial charge in [0.1, 0.15) is 47.8 Å². The third-order valence-electron chi connectivity index (χ3n) is 8.83. The van der Waals surface area contributed by atoms with Crippen molar-refractivity contribution in [3.05, 3.63) is 16.9 Å². The fourth-order valence-electron chi connectivity index (χ4n) is 6.60. The summed E-state index contributed by atoms with van der Waals surface area (Å²) in [5, 5.41) is 45.3. The normalized spacial score (nSPS) is 26.4. The average Bonchev–Trinajstić information content (AvgIpc) is 3.17. The highest BCUT2D eigenvalue weighted by Crippen LogP contribution is 2.55. The Labute approximate surface area is 370 Å². The third kappa shape index (κ3) is 11.7. The van der Waals surface area contributed by atoms with E-state index in [-0.39, 0.29) is 23.5 Å². The molecule has 4 rings (SSSR count). The molecule has 0 radical (unpaired) electrons. The predicted molar refractivity (Wildman–Crippen MR) is 207 cm³/mol. The molecule has 4 N–H and O–H groups in total. The molecule has 0 spiro atoms. The van der Waals surface area contributed by atoms with E-state index in [0.29, 0.717) is 0 Å². The number of thioether (sulfide) groups is 2. The molecule has 0 unspecified atom stereocenters. The molecule has 2 heterocycles. The number of ketones is 2. The minimum Gasteiger partial charge on any atom is -0.506 e. The Morgan fingerprint density at radius 3 is 1.08 bits per heavy atom. The van der Waals surface area contributed by atoms with Gasteiger partial charge in [0, 0.05) is 55.4 Å². The Morgan fingerprint density at radius 2 is 0.750 bits per heavy atom. The lowest BCUT2D eigenvalue weighted by molar-refractivity contribution is -0.237. The zero-order chi connectivity index (χ0) is 48.1. The fraction of sp³-hybridized carbons (Fsp3) is 0.526. The van der Waals surface area contributed by atoms with Crippen LogP contribution in [0.15, 0.2) is 15.6 Å². The summed E-state index contributed by atoms with van der Waals surface area (Å²) in [6.07, 6.45) is -13.7.